The van der Waals surface area contributed by atoms with E-state index in [4.69, 9.17) is 0 Å². The number of piperazine rings is 1. The third-order valence-electron chi connectivity index (χ3n) is 4.79. The average molecular weight is 569 g/mol. The molecule has 1 fully saturated rings. The van der Waals surface area contributed by atoms with Gasteiger partial charge in [-0.2, -0.15) is 13.2 Å². The first-order valence-corrected chi connectivity index (χ1v) is 10.6. The molecule has 0 radical (unpaired) electrons. The van der Waals surface area contributed by atoms with Crippen LogP contribution in [0.2, 0.25) is 0 Å². The molecule has 0 aliphatic carbocycles. The zero-order valence-corrected chi connectivity index (χ0v) is 20.6. The van der Waals surface area contributed by atoms with Crippen molar-refractivity contribution >= 4 is 47.1 Å². The number of likely N-dealkylation sites (N-methyl/N-ethyl adjacent to an activating group) is 1. The molecule has 2 aromatic rings. The summed E-state index contributed by atoms with van der Waals surface area (Å²) in [6.07, 6.45) is -2.15. The number of aromatic nitrogens is 2. The van der Waals surface area contributed by atoms with E-state index in [9.17, 15) is 13.2 Å². The van der Waals surface area contributed by atoms with E-state index < -0.39 is 11.9 Å². The smallest absolute Gasteiger partial charge is 0.356 e. The average Bonchev–Trinajstić information content (AvgIpc) is 3.21. The van der Waals surface area contributed by atoms with Gasteiger partial charge >= 0.3 is 6.18 Å². The summed E-state index contributed by atoms with van der Waals surface area (Å²) >= 11 is 1.01. The lowest BCUT2D eigenvalue weighted by molar-refractivity contribution is -0.140. The van der Waals surface area contributed by atoms with Crippen molar-refractivity contribution in [3.8, 4) is 0 Å². The fourth-order valence-electron chi connectivity index (χ4n) is 2.99. The van der Waals surface area contributed by atoms with E-state index in [1.165, 1.54) is 0 Å². The van der Waals surface area contributed by atoms with Gasteiger partial charge < -0.3 is 20.4 Å². The summed E-state index contributed by atoms with van der Waals surface area (Å²) in [5, 5.41) is 7.76. The second kappa shape index (κ2) is 11.8. The maximum Gasteiger partial charge on any atom is 0.434 e. The Balaban J connectivity index is 0.00000341. The number of thiazole rings is 1. The van der Waals surface area contributed by atoms with Crippen molar-refractivity contribution in [2.75, 3.05) is 51.7 Å². The van der Waals surface area contributed by atoms with Crippen molar-refractivity contribution in [2.24, 2.45) is 4.99 Å². The molecule has 1 saturated heterocycles. The highest BCUT2D eigenvalue weighted by molar-refractivity contribution is 14.0. The maximum atomic E-state index is 12.6. The van der Waals surface area contributed by atoms with Crippen molar-refractivity contribution < 1.29 is 13.2 Å². The third kappa shape index (κ3) is 7.75. The summed E-state index contributed by atoms with van der Waals surface area (Å²) < 4.78 is 37.8. The van der Waals surface area contributed by atoms with E-state index in [0.717, 1.165) is 54.3 Å². The highest BCUT2D eigenvalue weighted by Gasteiger charge is 2.33. The Bertz CT molecular complexity index is 834. The van der Waals surface area contributed by atoms with Gasteiger partial charge in [-0.3, -0.25) is 4.99 Å². The molecule has 172 valence electrons. The molecule has 0 spiro atoms. The lowest BCUT2D eigenvalue weighted by Crippen LogP contribution is -2.44. The van der Waals surface area contributed by atoms with Crippen molar-refractivity contribution in [1.29, 1.82) is 0 Å². The van der Waals surface area contributed by atoms with Crippen molar-refractivity contribution in [2.45, 2.75) is 19.1 Å². The van der Waals surface area contributed by atoms with Gasteiger partial charge in [0, 0.05) is 64.3 Å². The Kier molecular flexibility index (Phi) is 9.75. The Hall–Kier alpha value is -1.67. The van der Waals surface area contributed by atoms with Crippen LogP contribution in [0.15, 0.2) is 28.7 Å². The van der Waals surface area contributed by atoms with Crippen LogP contribution in [0, 0.1) is 0 Å². The van der Waals surface area contributed by atoms with E-state index in [0.29, 0.717) is 30.5 Å². The molecule has 3 rings (SSSR count). The summed E-state index contributed by atoms with van der Waals surface area (Å²) in [6, 6.07) is 4.06. The molecule has 0 unspecified atom stereocenters. The highest BCUT2D eigenvalue weighted by atomic mass is 127. The predicted molar refractivity (Wildman–Crippen MR) is 128 cm³/mol. The first-order valence-electron chi connectivity index (χ1n) is 9.69. The predicted octanol–water partition coefficient (Wildman–Crippen LogP) is 2.83. The number of nitrogens with one attached hydrogen (secondary N) is 2. The Morgan fingerprint density at radius 1 is 1.19 bits per heavy atom. The van der Waals surface area contributed by atoms with Gasteiger partial charge in [-0.1, -0.05) is 6.07 Å². The maximum absolute atomic E-state index is 12.6. The van der Waals surface area contributed by atoms with Gasteiger partial charge in [-0.15, -0.1) is 35.3 Å². The number of rotatable bonds is 6. The number of pyridine rings is 1. The van der Waals surface area contributed by atoms with Gasteiger partial charge in [-0.05, 0) is 18.7 Å². The standard InChI is InChI=1S/C19H26F3N7S.HI/c1-23-18(24-6-5-17-27-15(13-30-17)19(20,21)22)26-12-14-3-4-16(25-11-14)29-9-7-28(2)8-10-29;/h3-4,11,13H,5-10,12H2,1-2H3,(H2,23,24,26);1H. The van der Waals surface area contributed by atoms with Gasteiger partial charge in [0.15, 0.2) is 11.7 Å². The zero-order chi connectivity index (χ0) is 21.6. The number of hydrogen-bond donors (Lipinski definition) is 2. The van der Waals surface area contributed by atoms with Crippen LogP contribution in [0.4, 0.5) is 19.0 Å². The Morgan fingerprint density at radius 3 is 2.52 bits per heavy atom. The molecular weight excluding hydrogens is 542 g/mol. The summed E-state index contributed by atoms with van der Waals surface area (Å²) in [6.45, 7) is 5.00. The van der Waals surface area contributed by atoms with Gasteiger partial charge in [0.25, 0.3) is 0 Å². The van der Waals surface area contributed by atoms with Crippen molar-refractivity contribution in [1.82, 2.24) is 25.5 Å². The molecule has 2 N–H and O–H groups in total. The third-order valence-corrected chi connectivity index (χ3v) is 5.70. The quantitative estimate of drug-likeness (QED) is 0.317. The second-order valence-corrected chi connectivity index (χ2v) is 7.98. The first kappa shape index (κ1) is 25.6. The number of hydrogen-bond acceptors (Lipinski definition) is 6. The molecule has 1 aliphatic rings. The normalized spacial score (nSPS) is 15.5. The van der Waals surface area contributed by atoms with Gasteiger partial charge in [0.1, 0.15) is 5.82 Å². The second-order valence-electron chi connectivity index (χ2n) is 7.04. The fourth-order valence-corrected chi connectivity index (χ4v) is 3.80. The number of aliphatic imine (C=N–C) groups is 1. The van der Waals surface area contributed by atoms with Crippen LogP contribution in [0.1, 0.15) is 16.3 Å². The summed E-state index contributed by atoms with van der Waals surface area (Å²) in [5.74, 6) is 1.56. The lowest BCUT2D eigenvalue weighted by atomic mass is 10.2. The van der Waals surface area contributed by atoms with Crippen LogP contribution < -0.4 is 15.5 Å². The van der Waals surface area contributed by atoms with Gasteiger partial charge in [0.05, 0.1) is 5.01 Å². The number of guanidine groups is 1. The van der Waals surface area contributed by atoms with E-state index in [-0.39, 0.29) is 24.0 Å². The summed E-state index contributed by atoms with van der Waals surface area (Å²) in [5.41, 5.74) is 0.183. The molecule has 0 bridgehead atoms. The van der Waals surface area contributed by atoms with Crippen LogP contribution >= 0.6 is 35.3 Å². The molecule has 31 heavy (non-hydrogen) atoms. The molecule has 0 atom stereocenters. The molecule has 12 heteroatoms. The number of anilines is 1. The minimum atomic E-state index is -4.40. The zero-order valence-electron chi connectivity index (χ0n) is 17.4. The SMILES string of the molecule is CN=C(NCCc1nc(C(F)(F)F)cs1)NCc1ccc(N2CCN(C)CC2)nc1.I. The topological polar surface area (TPSA) is 68.7 Å². The van der Waals surface area contributed by atoms with Crippen LogP contribution in [-0.2, 0) is 19.1 Å². The molecule has 2 aromatic heterocycles. The largest absolute Gasteiger partial charge is 0.434 e. The van der Waals surface area contributed by atoms with E-state index in [1.807, 2.05) is 18.3 Å². The molecule has 7 nitrogen and oxygen atoms in total. The molecule has 1 aliphatic heterocycles. The molecule has 0 saturated carbocycles. The molecule has 0 amide bonds. The lowest BCUT2D eigenvalue weighted by Gasteiger charge is -2.33. The van der Waals surface area contributed by atoms with Crippen LogP contribution in [0.5, 0.6) is 0 Å². The number of alkyl halides is 3. The fraction of sp³-hybridized carbons (Fsp3) is 0.526. The Morgan fingerprint density at radius 2 is 1.94 bits per heavy atom. The summed E-state index contributed by atoms with van der Waals surface area (Å²) in [4.78, 5) is 16.9. The monoisotopic (exact) mass is 569 g/mol. The summed E-state index contributed by atoms with van der Waals surface area (Å²) in [7, 11) is 3.77. The molecular formula is C19H27F3IN7S. The van der Waals surface area contributed by atoms with Crippen molar-refractivity contribution in [3.63, 3.8) is 0 Å². The van der Waals surface area contributed by atoms with Crippen LogP contribution in [0.25, 0.3) is 0 Å². The van der Waals surface area contributed by atoms with Gasteiger partial charge in [0.2, 0.25) is 0 Å². The minimum absolute atomic E-state index is 0. The molecule has 3 heterocycles. The highest BCUT2D eigenvalue weighted by Crippen LogP contribution is 2.30. The van der Waals surface area contributed by atoms with Crippen molar-refractivity contribution in [3.05, 3.63) is 40.0 Å². The number of nitrogens with zero attached hydrogens (tertiary/aromatic N) is 5. The van der Waals surface area contributed by atoms with Gasteiger partial charge in [-0.25, -0.2) is 9.97 Å². The van der Waals surface area contributed by atoms with Crippen LogP contribution in [-0.4, -0.2) is 67.6 Å². The van der Waals surface area contributed by atoms with Crippen LogP contribution in [0.3, 0.4) is 0 Å². The first-order chi connectivity index (χ1) is 14.3. The Labute approximate surface area is 201 Å². The van der Waals surface area contributed by atoms with E-state index in [1.54, 1.807) is 7.05 Å². The van der Waals surface area contributed by atoms with E-state index >= 15 is 0 Å². The number of halogens is 4. The minimum Gasteiger partial charge on any atom is -0.356 e. The molecule has 0 aromatic carbocycles. The van der Waals surface area contributed by atoms with E-state index in [2.05, 4.69) is 42.4 Å².